The molecule has 2 fully saturated rings. The fraction of sp³-hybridized carbons (Fsp3) is 0.444. The summed E-state index contributed by atoms with van der Waals surface area (Å²) in [6.45, 7) is 3.37. The molecule has 134 valence electrons. The fourth-order valence-corrected chi connectivity index (χ4v) is 3.39. The van der Waals surface area contributed by atoms with Crippen molar-refractivity contribution in [2.75, 3.05) is 37.7 Å². The van der Waals surface area contributed by atoms with E-state index in [4.69, 9.17) is 10.00 Å². The number of hydrogen-bond acceptors (Lipinski definition) is 6. The van der Waals surface area contributed by atoms with Crippen LogP contribution in [0.25, 0.3) is 0 Å². The number of H-pyrrole nitrogens is 1. The van der Waals surface area contributed by atoms with E-state index in [-0.39, 0.29) is 12.0 Å². The SMILES string of the molecule is N#Cc1cc(C(=O)N2CCOC(c3ccnc(N4CCCC4)n3)C2)c[nH]1. The number of morpholine rings is 1. The normalized spacial score (nSPS) is 20.2. The van der Waals surface area contributed by atoms with Crippen LogP contribution in [0.2, 0.25) is 0 Å². The maximum atomic E-state index is 12.7. The third kappa shape index (κ3) is 3.26. The van der Waals surface area contributed by atoms with Crippen molar-refractivity contribution in [1.82, 2.24) is 19.9 Å². The molecule has 1 N–H and O–H groups in total. The van der Waals surface area contributed by atoms with Gasteiger partial charge in [-0.05, 0) is 25.0 Å². The van der Waals surface area contributed by atoms with Gasteiger partial charge in [0.05, 0.1) is 24.4 Å². The predicted molar refractivity (Wildman–Crippen MR) is 93.6 cm³/mol. The number of rotatable bonds is 3. The number of aromatic amines is 1. The number of ether oxygens (including phenoxy) is 1. The van der Waals surface area contributed by atoms with Crippen LogP contribution >= 0.6 is 0 Å². The van der Waals surface area contributed by atoms with E-state index in [2.05, 4.69) is 19.9 Å². The molecule has 0 spiro atoms. The maximum absolute atomic E-state index is 12.7. The highest BCUT2D eigenvalue weighted by atomic mass is 16.5. The van der Waals surface area contributed by atoms with Crippen molar-refractivity contribution in [2.45, 2.75) is 18.9 Å². The first kappa shape index (κ1) is 16.5. The Hall–Kier alpha value is -2.92. The Morgan fingerprint density at radius 2 is 2.19 bits per heavy atom. The molecule has 1 amide bonds. The van der Waals surface area contributed by atoms with E-state index in [9.17, 15) is 4.79 Å². The molecule has 26 heavy (non-hydrogen) atoms. The predicted octanol–water partition coefficient (Wildman–Crippen LogP) is 1.49. The van der Waals surface area contributed by atoms with Gasteiger partial charge in [0.2, 0.25) is 5.95 Å². The number of carbonyl (C=O) groups is 1. The van der Waals surface area contributed by atoms with Crippen molar-refractivity contribution in [1.29, 1.82) is 5.26 Å². The molecule has 1 unspecified atom stereocenters. The summed E-state index contributed by atoms with van der Waals surface area (Å²) in [5.74, 6) is 0.626. The standard InChI is InChI=1S/C18H20N6O2/c19-10-14-9-13(11-21-14)17(25)24-7-8-26-16(12-24)15-3-4-20-18(22-15)23-5-1-2-6-23/h3-4,9,11,16,21H,1-2,5-8,12H2. The molecule has 8 heteroatoms. The largest absolute Gasteiger partial charge is 0.368 e. The Bertz CT molecular complexity index is 836. The molecule has 0 aromatic carbocycles. The summed E-state index contributed by atoms with van der Waals surface area (Å²) in [7, 11) is 0. The third-order valence-corrected chi connectivity index (χ3v) is 4.79. The number of anilines is 1. The number of nitrogens with one attached hydrogen (secondary N) is 1. The minimum atomic E-state index is -0.272. The van der Waals surface area contributed by atoms with Crippen LogP contribution in [0.5, 0.6) is 0 Å². The minimum Gasteiger partial charge on any atom is -0.368 e. The van der Waals surface area contributed by atoms with Gasteiger partial charge in [-0.15, -0.1) is 0 Å². The first-order chi connectivity index (χ1) is 12.7. The summed E-state index contributed by atoms with van der Waals surface area (Å²) in [4.78, 5) is 28.4. The Kier molecular flexibility index (Phi) is 4.54. The van der Waals surface area contributed by atoms with E-state index in [1.54, 1.807) is 23.4 Å². The van der Waals surface area contributed by atoms with E-state index < -0.39 is 0 Å². The van der Waals surface area contributed by atoms with Crippen LogP contribution < -0.4 is 4.90 Å². The van der Waals surface area contributed by atoms with Gasteiger partial charge in [0.25, 0.3) is 5.91 Å². The molecule has 2 aromatic rings. The summed E-state index contributed by atoms with van der Waals surface area (Å²) >= 11 is 0. The zero-order valence-corrected chi connectivity index (χ0v) is 14.4. The summed E-state index contributed by atoms with van der Waals surface area (Å²) < 4.78 is 5.86. The highest BCUT2D eigenvalue weighted by Gasteiger charge is 2.28. The molecule has 0 radical (unpaired) electrons. The van der Waals surface area contributed by atoms with Gasteiger partial charge in [-0.3, -0.25) is 4.79 Å². The lowest BCUT2D eigenvalue weighted by Gasteiger charge is -2.32. The number of nitrogens with zero attached hydrogens (tertiary/aromatic N) is 5. The number of nitriles is 1. The monoisotopic (exact) mass is 352 g/mol. The first-order valence-electron chi connectivity index (χ1n) is 8.82. The highest BCUT2D eigenvalue weighted by Crippen LogP contribution is 2.24. The molecule has 0 saturated carbocycles. The molecule has 4 rings (SSSR count). The second kappa shape index (κ2) is 7.14. The highest BCUT2D eigenvalue weighted by molar-refractivity contribution is 5.94. The molecule has 1 atom stereocenters. The van der Waals surface area contributed by atoms with Crippen molar-refractivity contribution < 1.29 is 9.53 Å². The van der Waals surface area contributed by atoms with E-state index in [0.29, 0.717) is 31.0 Å². The molecule has 2 saturated heterocycles. The van der Waals surface area contributed by atoms with E-state index in [1.165, 1.54) is 0 Å². The average molecular weight is 352 g/mol. The zero-order chi connectivity index (χ0) is 17.9. The van der Waals surface area contributed by atoms with Gasteiger partial charge < -0.3 is 19.5 Å². The molecular weight excluding hydrogens is 332 g/mol. The van der Waals surface area contributed by atoms with Crippen LogP contribution in [-0.2, 0) is 4.74 Å². The van der Waals surface area contributed by atoms with Gasteiger partial charge in [-0.2, -0.15) is 5.26 Å². The topological polar surface area (TPSA) is 98.1 Å². The second-order valence-electron chi connectivity index (χ2n) is 6.50. The van der Waals surface area contributed by atoms with Crippen molar-refractivity contribution in [3.63, 3.8) is 0 Å². The van der Waals surface area contributed by atoms with Gasteiger partial charge in [-0.1, -0.05) is 0 Å². The summed E-state index contributed by atoms with van der Waals surface area (Å²) in [6, 6.07) is 5.42. The molecule has 0 bridgehead atoms. The number of carbonyl (C=O) groups excluding carboxylic acids is 1. The summed E-state index contributed by atoms with van der Waals surface area (Å²) in [6.07, 6.45) is 5.38. The lowest BCUT2D eigenvalue weighted by Crippen LogP contribution is -2.42. The van der Waals surface area contributed by atoms with Crippen molar-refractivity contribution in [3.8, 4) is 6.07 Å². The quantitative estimate of drug-likeness (QED) is 0.899. The van der Waals surface area contributed by atoms with E-state index >= 15 is 0 Å². The molecule has 2 aliphatic rings. The van der Waals surface area contributed by atoms with Crippen LogP contribution in [0.4, 0.5) is 5.95 Å². The maximum Gasteiger partial charge on any atom is 0.255 e. The Morgan fingerprint density at radius 3 is 2.96 bits per heavy atom. The summed E-state index contributed by atoms with van der Waals surface area (Å²) in [5.41, 5.74) is 1.66. The van der Waals surface area contributed by atoms with Gasteiger partial charge in [0.15, 0.2) is 0 Å². The molecule has 4 heterocycles. The molecule has 2 aliphatic heterocycles. The van der Waals surface area contributed by atoms with Crippen LogP contribution in [0.3, 0.4) is 0 Å². The number of hydrogen-bond donors (Lipinski definition) is 1. The average Bonchev–Trinajstić information content (AvgIpc) is 3.39. The van der Waals surface area contributed by atoms with Crippen molar-refractivity contribution >= 4 is 11.9 Å². The molecular formula is C18H20N6O2. The third-order valence-electron chi connectivity index (χ3n) is 4.79. The van der Waals surface area contributed by atoms with E-state index in [0.717, 1.165) is 37.6 Å². The molecule has 8 nitrogen and oxygen atoms in total. The van der Waals surface area contributed by atoms with Gasteiger partial charge in [0.1, 0.15) is 17.9 Å². The van der Waals surface area contributed by atoms with Crippen LogP contribution in [0.15, 0.2) is 24.5 Å². The van der Waals surface area contributed by atoms with Gasteiger partial charge in [0, 0.05) is 32.0 Å². The van der Waals surface area contributed by atoms with E-state index in [1.807, 2.05) is 12.1 Å². The van der Waals surface area contributed by atoms with Crippen molar-refractivity contribution in [3.05, 3.63) is 41.5 Å². The summed E-state index contributed by atoms with van der Waals surface area (Å²) in [5, 5.41) is 8.91. The minimum absolute atomic E-state index is 0.107. The zero-order valence-electron chi connectivity index (χ0n) is 14.4. The van der Waals surface area contributed by atoms with Crippen LogP contribution in [0.1, 0.15) is 40.7 Å². The second-order valence-corrected chi connectivity index (χ2v) is 6.50. The van der Waals surface area contributed by atoms with Crippen LogP contribution in [0, 0.1) is 11.3 Å². The van der Waals surface area contributed by atoms with Gasteiger partial charge >= 0.3 is 0 Å². The van der Waals surface area contributed by atoms with Crippen molar-refractivity contribution in [2.24, 2.45) is 0 Å². The molecule has 2 aromatic heterocycles. The first-order valence-corrected chi connectivity index (χ1v) is 8.82. The van der Waals surface area contributed by atoms with Crippen LogP contribution in [-0.4, -0.2) is 58.5 Å². The molecule has 0 aliphatic carbocycles. The van der Waals surface area contributed by atoms with Gasteiger partial charge in [-0.25, -0.2) is 9.97 Å². The number of amides is 1. The lowest BCUT2D eigenvalue weighted by atomic mass is 10.1. The lowest BCUT2D eigenvalue weighted by molar-refractivity contribution is -0.0247. The number of aromatic nitrogens is 3. The fourth-order valence-electron chi connectivity index (χ4n) is 3.39. The Morgan fingerprint density at radius 1 is 1.35 bits per heavy atom. The Balaban J connectivity index is 1.49. The Labute approximate surface area is 151 Å². The smallest absolute Gasteiger partial charge is 0.255 e.